The molecule has 0 aliphatic rings. The van der Waals surface area contributed by atoms with Crippen LogP contribution in [-0.4, -0.2) is 42.6 Å². The summed E-state index contributed by atoms with van der Waals surface area (Å²) in [5, 5.41) is 27.7. The molecule has 11 nitrogen and oxygen atoms in total. The molecule has 0 aliphatic heterocycles. The van der Waals surface area contributed by atoms with Crippen LogP contribution in [0.1, 0.15) is 17.3 Å². The molecule has 2 aromatic rings. The highest BCUT2D eigenvalue weighted by molar-refractivity contribution is 5.99. The summed E-state index contributed by atoms with van der Waals surface area (Å²) in [5.41, 5.74) is -0.384. The zero-order chi connectivity index (χ0) is 21.4. The number of nitrogens with zero attached hydrogens (tertiary/aromatic N) is 2. The highest BCUT2D eigenvalue weighted by atomic mass is 16.6. The number of benzene rings is 2. The van der Waals surface area contributed by atoms with Crippen LogP contribution < -0.4 is 20.1 Å². The van der Waals surface area contributed by atoms with Crippen LogP contribution in [0.25, 0.3) is 0 Å². The van der Waals surface area contributed by atoms with Crippen molar-refractivity contribution in [2.24, 2.45) is 0 Å². The summed E-state index contributed by atoms with van der Waals surface area (Å²) >= 11 is 0. The van der Waals surface area contributed by atoms with Gasteiger partial charge in [-0.3, -0.25) is 25.0 Å². The van der Waals surface area contributed by atoms with E-state index in [0.717, 1.165) is 6.07 Å². The first kappa shape index (κ1) is 21.4. The number of methoxy groups -OCH3 is 1. The number of nitro benzene ring substituents is 2. The minimum atomic E-state index is -0.678. The molecule has 0 aliphatic carbocycles. The predicted octanol–water partition coefficient (Wildman–Crippen LogP) is 2.75. The Morgan fingerprint density at radius 1 is 1.03 bits per heavy atom. The minimum Gasteiger partial charge on any atom is -0.493 e. The van der Waals surface area contributed by atoms with Crippen molar-refractivity contribution in [2.75, 3.05) is 32.1 Å². The van der Waals surface area contributed by atoms with E-state index >= 15 is 0 Å². The molecule has 0 radical (unpaired) electrons. The largest absolute Gasteiger partial charge is 0.493 e. The summed E-state index contributed by atoms with van der Waals surface area (Å²) in [6.07, 6.45) is 0. The second-order valence-electron chi connectivity index (χ2n) is 5.67. The van der Waals surface area contributed by atoms with Crippen molar-refractivity contribution in [3.63, 3.8) is 0 Å². The smallest absolute Gasteiger partial charge is 0.292 e. The molecule has 0 spiro atoms. The van der Waals surface area contributed by atoms with Gasteiger partial charge in [-0.2, -0.15) is 0 Å². The van der Waals surface area contributed by atoms with Crippen LogP contribution in [0.2, 0.25) is 0 Å². The molecule has 0 saturated carbocycles. The molecule has 2 aromatic carbocycles. The van der Waals surface area contributed by atoms with Gasteiger partial charge < -0.3 is 20.1 Å². The van der Waals surface area contributed by atoms with E-state index in [1.165, 1.54) is 19.2 Å². The molecule has 1 amide bonds. The molecule has 0 bridgehead atoms. The number of nitro groups is 2. The minimum absolute atomic E-state index is 0.0809. The Kier molecular flexibility index (Phi) is 7.29. The average molecular weight is 404 g/mol. The molecule has 11 heteroatoms. The molecular weight excluding hydrogens is 384 g/mol. The second-order valence-corrected chi connectivity index (χ2v) is 5.67. The Bertz CT molecular complexity index is 917. The second kappa shape index (κ2) is 9.88. The van der Waals surface area contributed by atoms with Gasteiger partial charge in [-0.15, -0.1) is 0 Å². The van der Waals surface area contributed by atoms with Crippen molar-refractivity contribution in [2.45, 2.75) is 6.92 Å². The van der Waals surface area contributed by atoms with Gasteiger partial charge >= 0.3 is 0 Å². The number of carbonyl (C=O) groups is 1. The van der Waals surface area contributed by atoms with E-state index in [4.69, 9.17) is 9.47 Å². The summed E-state index contributed by atoms with van der Waals surface area (Å²) < 4.78 is 10.4. The fourth-order valence-corrected chi connectivity index (χ4v) is 2.56. The van der Waals surface area contributed by atoms with Gasteiger partial charge in [0.2, 0.25) is 0 Å². The number of rotatable bonds is 10. The third-order valence-electron chi connectivity index (χ3n) is 3.85. The topological polar surface area (TPSA) is 146 Å². The van der Waals surface area contributed by atoms with E-state index in [9.17, 15) is 25.0 Å². The van der Waals surface area contributed by atoms with Gasteiger partial charge in [0.15, 0.2) is 11.5 Å². The van der Waals surface area contributed by atoms with Crippen LogP contribution >= 0.6 is 0 Å². The van der Waals surface area contributed by atoms with Crippen LogP contribution in [0.5, 0.6) is 11.5 Å². The Balaban J connectivity index is 2.09. The fraction of sp³-hybridized carbons (Fsp3) is 0.278. The molecule has 0 saturated heterocycles. The molecule has 0 unspecified atom stereocenters. The van der Waals surface area contributed by atoms with Crippen LogP contribution in [0.4, 0.5) is 17.1 Å². The molecule has 154 valence electrons. The summed E-state index contributed by atoms with van der Waals surface area (Å²) in [4.78, 5) is 33.6. The monoisotopic (exact) mass is 404 g/mol. The maximum absolute atomic E-state index is 12.4. The van der Waals surface area contributed by atoms with Gasteiger partial charge in [0.05, 0.1) is 29.6 Å². The lowest BCUT2D eigenvalue weighted by atomic mass is 10.1. The van der Waals surface area contributed by atoms with Crippen molar-refractivity contribution in [1.29, 1.82) is 0 Å². The van der Waals surface area contributed by atoms with E-state index < -0.39 is 21.4 Å². The maximum Gasteiger partial charge on any atom is 0.292 e. The Labute approximate surface area is 165 Å². The van der Waals surface area contributed by atoms with Crippen molar-refractivity contribution in [3.05, 3.63) is 62.2 Å². The Morgan fingerprint density at radius 2 is 1.72 bits per heavy atom. The van der Waals surface area contributed by atoms with E-state index in [2.05, 4.69) is 10.6 Å². The maximum atomic E-state index is 12.4. The number of nitrogens with one attached hydrogen (secondary N) is 2. The first-order valence-corrected chi connectivity index (χ1v) is 8.63. The summed E-state index contributed by atoms with van der Waals surface area (Å²) in [5.74, 6) is -0.320. The number of anilines is 1. The van der Waals surface area contributed by atoms with Crippen LogP contribution in [0, 0.1) is 20.2 Å². The van der Waals surface area contributed by atoms with E-state index in [0.29, 0.717) is 5.69 Å². The SMILES string of the molecule is CCOc1cc([N+](=O)[O-])c(C(=O)NCCNc2ccccc2[N+](=O)[O-])cc1OC. The Hall–Kier alpha value is -3.89. The highest BCUT2D eigenvalue weighted by Gasteiger charge is 2.24. The molecule has 29 heavy (non-hydrogen) atoms. The average Bonchev–Trinajstić information content (AvgIpc) is 2.71. The van der Waals surface area contributed by atoms with Crippen LogP contribution in [0.3, 0.4) is 0 Å². The lowest BCUT2D eigenvalue weighted by molar-refractivity contribution is -0.385. The van der Waals surface area contributed by atoms with Crippen molar-refractivity contribution >= 4 is 23.0 Å². The lowest BCUT2D eigenvalue weighted by Crippen LogP contribution is -2.29. The summed E-state index contributed by atoms with van der Waals surface area (Å²) in [6, 6.07) is 8.47. The zero-order valence-corrected chi connectivity index (χ0v) is 15.8. The molecule has 0 atom stereocenters. The fourth-order valence-electron chi connectivity index (χ4n) is 2.56. The van der Waals surface area contributed by atoms with Crippen LogP contribution in [0.15, 0.2) is 36.4 Å². The molecule has 2 rings (SSSR count). The Morgan fingerprint density at radius 3 is 2.34 bits per heavy atom. The third-order valence-corrected chi connectivity index (χ3v) is 3.85. The molecule has 0 aromatic heterocycles. The zero-order valence-electron chi connectivity index (χ0n) is 15.8. The lowest BCUT2D eigenvalue weighted by Gasteiger charge is -2.12. The van der Waals surface area contributed by atoms with Crippen molar-refractivity contribution in [3.8, 4) is 11.5 Å². The predicted molar refractivity (Wildman–Crippen MR) is 105 cm³/mol. The van der Waals surface area contributed by atoms with E-state index in [1.54, 1.807) is 25.1 Å². The first-order valence-electron chi connectivity index (χ1n) is 8.63. The standard InChI is InChI=1S/C18H20N4O7/c1-3-29-17-11-15(22(26)27)12(10-16(17)28-2)18(23)20-9-8-19-13-6-4-5-7-14(13)21(24)25/h4-7,10-11,19H,3,8-9H2,1-2H3,(H,20,23). The number of amides is 1. The highest BCUT2D eigenvalue weighted by Crippen LogP contribution is 2.34. The van der Waals surface area contributed by atoms with E-state index in [1.807, 2.05) is 0 Å². The van der Waals surface area contributed by atoms with Crippen molar-refractivity contribution < 1.29 is 24.1 Å². The molecule has 0 fully saturated rings. The summed E-state index contributed by atoms with van der Waals surface area (Å²) in [6.45, 7) is 2.25. The molecule has 2 N–H and O–H groups in total. The number of hydrogen-bond donors (Lipinski definition) is 2. The van der Waals surface area contributed by atoms with E-state index in [-0.39, 0.29) is 42.4 Å². The number of para-hydroxylation sites is 2. The van der Waals surface area contributed by atoms with Gasteiger partial charge in [-0.05, 0) is 13.0 Å². The number of carbonyl (C=O) groups excluding carboxylic acids is 1. The first-order chi connectivity index (χ1) is 13.9. The normalized spacial score (nSPS) is 10.1. The number of hydrogen-bond acceptors (Lipinski definition) is 8. The van der Waals surface area contributed by atoms with Gasteiger partial charge in [-0.1, -0.05) is 12.1 Å². The van der Waals surface area contributed by atoms with Gasteiger partial charge in [0.25, 0.3) is 17.3 Å². The summed E-state index contributed by atoms with van der Waals surface area (Å²) in [7, 11) is 1.36. The van der Waals surface area contributed by atoms with Gasteiger partial charge in [0.1, 0.15) is 11.3 Å². The van der Waals surface area contributed by atoms with Gasteiger partial charge in [-0.25, -0.2) is 0 Å². The van der Waals surface area contributed by atoms with Gasteiger partial charge in [0, 0.05) is 25.2 Å². The third kappa shape index (κ3) is 5.31. The van der Waals surface area contributed by atoms with Crippen molar-refractivity contribution in [1.82, 2.24) is 5.32 Å². The van der Waals surface area contributed by atoms with Crippen LogP contribution in [-0.2, 0) is 0 Å². The molecule has 0 heterocycles. The quantitative estimate of drug-likeness (QED) is 0.349. The number of ether oxygens (including phenoxy) is 2. The molecular formula is C18H20N4O7.